The van der Waals surface area contributed by atoms with E-state index in [9.17, 15) is 9.90 Å². The molecule has 0 amide bonds. The highest BCUT2D eigenvalue weighted by atomic mass is 16.4. The zero-order valence-corrected chi connectivity index (χ0v) is 10.4. The number of hydrogen-bond donors (Lipinski definition) is 3. The second kappa shape index (κ2) is 7.18. The lowest BCUT2D eigenvalue weighted by Gasteiger charge is -2.07. The molecule has 0 aliphatic heterocycles. The van der Waals surface area contributed by atoms with Gasteiger partial charge in [0.1, 0.15) is 5.75 Å². The quantitative estimate of drug-likeness (QED) is 0.740. The molecule has 3 N–H and O–H groups in total. The molecule has 0 saturated carbocycles. The lowest BCUT2D eigenvalue weighted by atomic mass is 10.0. The molecule has 19 heavy (non-hydrogen) atoms. The molecule has 100 valence electrons. The third-order valence-corrected chi connectivity index (χ3v) is 2.55. The zero-order valence-electron chi connectivity index (χ0n) is 10.4. The summed E-state index contributed by atoms with van der Waals surface area (Å²) in [6.07, 6.45) is 1.33. The fourth-order valence-corrected chi connectivity index (χ4v) is 1.70. The Bertz CT molecular complexity index is 575. The van der Waals surface area contributed by atoms with Crippen molar-refractivity contribution in [3.05, 3.63) is 54.6 Å². The third kappa shape index (κ3) is 4.12. The number of phenolic OH excluding ortho intramolecular Hbond substituents is 1. The molecule has 0 aliphatic carbocycles. The number of hydrogen-bond acceptors (Lipinski definition) is 3. The Morgan fingerprint density at radius 2 is 1.84 bits per heavy atom. The van der Waals surface area contributed by atoms with Gasteiger partial charge in [0.15, 0.2) is 0 Å². The van der Waals surface area contributed by atoms with Crippen molar-refractivity contribution in [1.29, 1.82) is 0 Å². The number of aromatic hydroxyl groups is 1. The first kappa shape index (κ1) is 14.7. The van der Waals surface area contributed by atoms with Crippen molar-refractivity contribution in [3.63, 3.8) is 0 Å². The molecule has 0 fully saturated rings. The first-order valence-electron chi connectivity index (χ1n) is 5.76. The Hall–Kier alpha value is -2.33. The Labute approximate surface area is 111 Å². The standard InChI is InChI=1S/C12H12O2.C3H4O2/c13-8-7-11-10-4-2-1-3-9(10)5-6-12(11)14;1-2-3(4)5/h1-6,13-14H,7-8H2;2H,1H2,(H,4,5). The number of phenols is 1. The highest BCUT2D eigenvalue weighted by Crippen LogP contribution is 2.27. The van der Waals surface area contributed by atoms with Gasteiger partial charge in [-0.3, -0.25) is 0 Å². The van der Waals surface area contributed by atoms with Crippen LogP contribution in [0.2, 0.25) is 0 Å². The van der Waals surface area contributed by atoms with Gasteiger partial charge in [-0.2, -0.15) is 0 Å². The van der Waals surface area contributed by atoms with Gasteiger partial charge in [-0.05, 0) is 23.3 Å². The number of fused-ring (bicyclic) bond motifs is 1. The largest absolute Gasteiger partial charge is 0.508 e. The first-order chi connectivity index (χ1) is 9.10. The highest BCUT2D eigenvalue weighted by molar-refractivity contribution is 5.87. The van der Waals surface area contributed by atoms with Crippen molar-refractivity contribution in [1.82, 2.24) is 0 Å². The van der Waals surface area contributed by atoms with Crippen molar-refractivity contribution < 1.29 is 20.1 Å². The normalized spacial score (nSPS) is 9.53. The highest BCUT2D eigenvalue weighted by Gasteiger charge is 2.04. The maximum Gasteiger partial charge on any atom is 0.327 e. The molecule has 0 unspecified atom stereocenters. The second-order valence-corrected chi connectivity index (χ2v) is 3.80. The summed E-state index contributed by atoms with van der Waals surface area (Å²) in [7, 11) is 0. The summed E-state index contributed by atoms with van der Waals surface area (Å²) in [5.41, 5.74) is 0.825. The summed E-state index contributed by atoms with van der Waals surface area (Å²) in [4.78, 5) is 9.25. The summed E-state index contributed by atoms with van der Waals surface area (Å²) >= 11 is 0. The molecule has 2 rings (SSSR count). The minimum atomic E-state index is -0.981. The molecule has 0 heterocycles. The van der Waals surface area contributed by atoms with Crippen LogP contribution in [0.25, 0.3) is 10.8 Å². The van der Waals surface area contributed by atoms with Crippen molar-refractivity contribution in [3.8, 4) is 5.75 Å². The number of aliphatic hydroxyl groups is 1. The van der Waals surface area contributed by atoms with E-state index in [4.69, 9.17) is 10.2 Å². The van der Waals surface area contributed by atoms with Crippen LogP contribution < -0.4 is 0 Å². The molecule has 0 aromatic heterocycles. The van der Waals surface area contributed by atoms with Gasteiger partial charge in [0, 0.05) is 18.2 Å². The van der Waals surface area contributed by atoms with E-state index < -0.39 is 5.97 Å². The maximum absolute atomic E-state index is 9.63. The smallest absolute Gasteiger partial charge is 0.327 e. The lowest BCUT2D eigenvalue weighted by Crippen LogP contribution is -1.92. The summed E-state index contributed by atoms with van der Waals surface area (Å²) in [5, 5.41) is 28.2. The van der Waals surface area contributed by atoms with Gasteiger partial charge in [-0.1, -0.05) is 36.9 Å². The molecule has 4 nitrogen and oxygen atoms in total. The van der Waals surface area contributed by atoms with Crippen LogP contribution in [-0.4, -0.2) is 27.9 Å². The van der Waals surface area contributed by atoms with Crippen LogP contribution in [0.5, 0.6) is 5.75 Å². The number of rotatable bonds is 3. The number of carbonyl (C=O) groups is 1. The predicted molar refractivity (Wildman–Crippen MR) is 74.2 cm³/mol. The maximum atomic E-state index is 9.63. The molecular formula is C15H16O4. The fraction of sp³-hybridized carbons (Fsp3) is 0.133. The van der Waals surface area contributed by atoms with Crippen LogP contribution in [0.3, 0.4) is 0 Å². The van der Waals surface area contributed by atoms with Gasteiger partial charge in [0.05, 0.1) is 0 Å². The molecule has 2 aromatic carbocycles. The van der Waals surface area contributed by atoms with Gasteiger partial charge in [-0.15, -0.1) is 0 Å². The van der Waals surface area contributed by atoms with E-state index in [0.717, 1.165) is 22.4 Å². The van der Waals surface area contributed by atoms with Crippen molar-refractivity contribution in [2.75, 3.05) is 6.61 Å². The number of benzene rings is 2. The number of aliphatic carboxylic acids is 1. The number of aliphatic hydroxyl groups excluding tert-OH is 1. The molecule has 2 aromatic rings. The minimum Gasteiger partial charge on any atom is -0.508 e. The van der Waals surface area contributed by atoms with E-state index in [1.165, 1.54) is 0 Å². The Morgan fingerprint density at radius 1 is 1.21 bits per heavy atom. The third-order valence-electron chi connectivity index (χ3n) is 2.55. The van der Waals surface area contributed by atoms with Crippen LogP contribution >= 0.6 is 0 Å². The monoisotopic (exact) mass is 260 g/mol. The van der Waals surface area contributed by atoms with E-state index in [0.29, 0.717) is 6.42 Å². The summed E-state index contributed by atoms with van der Waals surface area (Å²) in [5.74, 6) is -0.720. The average Bonchev–Trinajstić information content (AvgIpc) is 2.43. The van der Waals surface area contributed by atoms with Crippen LogP contribution in [0.1, 0.15) is 5.56 Å². The molecule has 4 heteroatoms. The van der Waals surface area contributed by atoms with Crippen molar-refractivity contribution in [2.45, 2.75) is 6.42 Å². The Balaban J connectivity index is 0.000000312. The second-order valence-electron chi connectivity index (χ2n) is 3.80. The average molecular weight is 260 g/mol. The SMILES string of the molecule is C=CC(=O)O.OCCc1c(O)ccc2ccccc12. The first-order valence-corrected chi connectivity index (χ1v) is 5.76. The molecule has 0 aliphatic rings. The fourth-order valence-electron chi connectivity index (χ4n) is 1.70. The topological polar surface area (TPSA) is 77.8 Å². The Morgan fingerprint density at radius 3 is 2.42 bits per heavy atom. The minimum absolute atomic E-state index is 0.0571. The molecule has 0 radical (unpaired) electrons. The van der Waals surface area contributed by atoms with Gasteiger partial charge in [-0.25, -0.2) is 4.79 Å². The summed E-state index contributed by atoms with van der Waals surface area (Å²) < 4.78 is 0. The van der Waals surface area contributed by atoms with Crippen molar-refractivity contribution in [2.24, 2.45) is 0 Å². The molecule has 0 saturated heterocycles. The van der Waals surface area contributed by atoms with Crippen molar-refractivity contribution >= 4 is 16.7 Å². The van der Waals surface area contributed by atoms with Gasteiger partial charge >= 0.3 is 5.97 Å². The predicted octanol–water partition coefficient (Wildman–Crippen LogP) is 2.34. The summed E-state index contributed by atoms with van der Waals surface area (Å²) in [6.45, 7) is 3.02. The molecular weight excluding hydrogens is 244 g/mol. The van der Waals surface area contributed by atoms with E-state index >= 15 is 0 Å². The van der Waals surface area contributed by atoms with Crippen LogP contribution in [0.15, 0.2) is 49.1 Å². The van der Waals surface area contributed by atoms with Crippen LogP contribution in [0.4, 0.5) is 0 Å². The van der Waals surface area contributed by atoms with Gasteiger partial charge in [0.25, 0.3) is 0 Å². The van der Waals surface area contributed by atoms with Crippen LogP contribution in [-0.2, 0) is 11.2 Å². The van der Waals surface area contributed by atoms with Gasteiger partial charge in [0.2, 0.25) is 0 Å². The van der Waals surface area contributed by atoms with Gasteiger partial charge < -0.3 is 15.3 Å². The molecule has 0 spiro atoms. The zero-order chi connectivity index (χ0) is 14.3. The molecule has 0 bridgehead atoms. The van der Waals surface area contributed by atoms with E-state index in [1.54, 1.807) is 6.07 Å². The van der Waals surface area contributed by atoms with E-state index in [-0.39, 0.29) is 12.4 Å². The number of carboxylic acid groups (broad SMARTS) is 1. The van der Waals surface area contributed by atoms with E-state index in [1.807, 2.05) is 30.3 Å². The Kier molecular flexibility index (Phi) is 5.57. The number of carboxylic acids is 1. The summed E-state index contributed by atoms with van der Waals surface area (Å²) in [6, 6.07) is 11.4. The molecule has 0 atom stereocenters. The van der Waals surface area contributed by atoms with E-state index in [2.05, 4.69) is 6.58 Å². The lowest BCUT2D eigenvalue weighted by molar-refractivity contribution is -0.131. The van der Waals surface area contributed by atoms with Crippen LogP contribution in [0, 0.1) is 0 Å².